The molecule has 5 rings (SSSR count). The van der Waals surface area contributed by atoms with E-state index in [1.807, 2.05) is 48.5 Å². The molecule has 9 nitrogen and oxygen atoms in total. The highest BCUT2D eigenvalue weighted by Gasteiger charge is 2.22. The lowest BCUT2D eigenvalue weighted by molar-refractivity contribution is -0.130. The van der Waals surface area contributed by atoms with Crippen molar-refractivity contribution in [3.05, 3.63) is 111 Å². The fourth-order valence-corrected chi connectivity index (χ4v) is 4.70. The number of anilines is 2. The lowest BCUT2D eigenvalue weighted by atomic mass is 10.1. The molecule has 0 atom stereocenters. The molecule has 0 bridgehead atoms. The first-order chi connectivity index (χ1) is 20.2. The Hall–Kier alpha value is -4.47. The largest absolute Gasteiger partial charge is 0.497 e. The minimum Gasteiger partial charge on any atom is -0.497 e. The molecule has 11 heteroatoms. The van der Waals surface area contributed by atoms with Gasteiger partial charge in [0.2, 0.25) is 5.91 Å². The van der Waals surface area contributed by atoms with Crippen LogP contribution in [-0.2, 0) is 22.4 Å². The number of carbonyl (C=O) groups excluding carboxylic acids is 2. The Morgan fingerprint density at radius 1 is 0.905 bits per heavy atom. The molecule has 0 saturated carbocycles. The normalized spacial score (nSPS) is 12.6. The molecule has 2 aromatic heterocycles. The highest BCUT2D eigenvalue weighted by atomic mass is 35.5. The molecule has 2 aromatic carbocycles. The molecule has 0 unspecified atom stereocenters. The first kappa shape index (κ1) is 30.5. The summed E-state index contributed by atoms with van der Waals surface area (Å²) < 4.78 is 5.23. The number of nitrogens with two attached hydrogens (primary N) is 1. The Bertz CT molecular complexity index is 1560. The average molecular weight is 606 g/mol. The molecule has 216 valence electrons. The molecule has 0 saturated heterocycles. The smallest absolute Gasteiger partial charge is 0.273 e. The minimum absolute atomic E-state index is 0.0958. The molecule has 0 aliphatic carbocycles. The molecule has 0 fully saturated rings. The second kappa shape index (κ2) is 14.4. The molecule has 1 aliphatic heterocycles. The molecular weight excluding hydrogens is 575 g/mol. The third-order valence-electron chi connectivity index (χ3n) is 6.26. The SMILES string of the molecule is COc1cccc(Cc2ccc(NC(=O)C3=NN(C)C(=O)CC3)nc2)c1.Nc1ccc(Cc2cc(Cl)cc(Cl)c2)cn1. The van der Waals surface area contributed by atoms with Crippen LogP contribution in [0.3, 0.4) is 0 Å². The van der Waals surface area contributed by atoms with Crippen molar-refractivity contribution >= 4 is 52.4 Å². The van der Waals surface area contributed by atoms with E-state index in [1.165, 1.54) is 5.01 Å². The van der Waals surface area contributed by atoms with E-state index in [1.54, 1.807) is 44.8 Å². The van der Waals surface area contributed by atoms with Gasteiger partial charge in [-0.25, -0.2) is 15.0 Å². The van der Waals surface area contributed by atoms with Gasteiger partial charge in [-0.1, -0.05) is 47.5 Å². The van der Waals surface area contributed by atoms with Crippen molar-refractivity contribution in [2.75, 3.05) is 25.2 Å². The highest BCUT2D eigenvalue weighted by Crippen LogP contribution is 2.21. The second-order valence-electron chi connectivity index (χ2n) is 9.54. The van der Waals surface area contributed by atoms with Crippen molar-refractivity contribution in [2.24, 2.45) is 5.10 Å². The molecule has 3 heterocycles. The van der Waals surface area contributed by atoms with Crippen LogP contribution in [0.15, 0.2) is 84.2 Å². The zero-order valence-corrected chi connectivity index (χ0v) is 24.7. The molecule has 0 spiro atoms. The van der Waals surface area contributed by atoms with Crippen LogP contribution < -0.4 is 15.8 Å². The Morgan fingerprint density at radius 3 is 2.21 bits per heavy atom. The number of benzene rings is 2. The standard InChI is InChI=1S/C19H20N4O3.C12H10Cl2N2/c1-23-18(24)9-7-16(22-23)19(25)21-17-8-6-14(12-20-17)10-13-4-3-5-15(11-13)26-2;13-10-4-9(5-11(14)6-10)3-8-1-2-12(15)16-7-8/h3-6,8,11-12H,7,9-10H2,1-2H3,(H,20,21,25);1-2,4-7H,3H2,(H2,15,16). The number of hydrogen-bond acceptors (Lipinski definition) is 7. The number of pyridine rings is 2. The van der Waals surface area contributed by atoms with Crippen molar-refractivity contribution < 1.29 is 14.3 Å². The number of ether oxygens (including phenoxy) is 1. The summed E-state index contributed by atoms with van der Waals surface area (Å²) in [6.07, 6.45) is 5.57. The number of hydrazone groups is 1. The second-order valence-corrected chi connectivity index (χ2v) is 10.4. The number of amides is 2. The number of rotatable bonds is 7. The Morgan fingerprint density at radius 2 is 1.60 bits per heavy atom. The van der Waals surface area contributed by atoms with Crippen molar-refractivity contribution in [3.8, 4) is 5.75 Å². The zero-order valence-electron chi connectivity index (χ0n) is 23.2. The van der Waals surface area contributed by atoms with Gasteiger partial charge < -0.3 is 15.8 Å². The van der Waals surface area contributed by atoms with Gasteiger partial charge >= 0.3 is 0 Å². The molecular formula is C31H30Cl2N6O3. The number of aromatic nitrogens is 2. The maximum atomic E-state index is 12.2. The van der Waals surface area contributed by atoms with Crippen LogP contribution in [0.5, 0.6) is 5.75 Å². The van der Waals surface area contributed by atoms with Crippen LogP contribution in [0.2, 0.25) is 10.0 Å². The van der Waals surface area contributed by atoms with E-state index in [0.717, 1.165) is 40.8 Å². The predicted molar refractivity (Wildman–Crippen MR) is 166 cm³/mol. The topological polar surface area (TPSA) is 123 Å². The van der Waals surface area contributed by atoms with E-state index in [9.17, 15) is 9.59 Å². The molecule has 4 aromatic rings. The third kappa shape index (κ3) is 9.02. The zero-order chi connectivity index (χ0) is 30.1. The van der Waals surface area contributed by atoms with E-state index >= 15 is 0 Å². The molecule has 0 radical (unpaired) electrons. The summed E-state index contributed by atoms with van der Waals surface area (Å²) in [7, 11) is 3.18. The number of nitrogens with zero attached hydrogens (tertiary/aromatic N) is 4. The first-order valence-corrected chi connectivity index (χ1v) is 13.8. The Kier molecular flexibility index (Phi) is 10.5. The number of nitrogens with one attached hydrogen (secondary N) is 1. The van der Waals surface area contributed by atoms with Crippen molar-refractivity contribution in [3.63, 3.8) is 0 Å². The first-order valence-electron chi connectivity index (χ1n) is 13.1. The van der Waals surface area contributed by atoms with Gasteiger partial charge in [-0.2, -0.15) is 5.10 Å². The van der Waals surface area contributed by atoms with Gasteiger partial charge in [-0.05, 0) is 77.6 Å². The average Bonchev–Trinajstić information content (AvgIpc) is 2.97. The number of nitrogen functional groups attached to an aromatic ring is 1. The van der Waals surface area contributed by atoms with Gasteiger partial charge in [-0.15, -0.1) is 0 Å². The fraction of sp³-hybridized carbons (Fsp3) is 0.194. The van der Waals surface area contributed by atoms with E-state index in [0.29, 0.717) is 33.8 Å². The van der Waals surface area contributed by atoms with Crippen LogP contribution in [0, 0.1) is 0 Å². The molecule has 3 N–H and O–H groups in total. The van der Waals surface area contributed by atoms with Gasteiger partial charge in [0.1, 0.15) is 23.1 Å². The summed E-state index contributed by atoms with van der Waals surface area (Å²) >= 11 is 11.8. The van der Waals surface area contributed by atoms with Crippen LogP contribution >= 0.6 is 23.2 Å². The minimum atomic E-state index is -0.336. The number of methoxy groups -OCH3 is 1. The van der Waals surface area contributed by atoms with Crippen LogP contribution in [0.25, 0.3) is 0 Å². The summed E-state index contributed by atoms with van der Waals surface area (Å²) in [5.41, 5.74) is 10.1. The fourth-order valence-electron chi connectivity index (χ4n) is 4.13. The van der Waals surface area contributed by atoms with Crippen LogP contribution in [0.1, 0.15) is 35.1 Å². The summed E-state index contributed by atoms with van der Waals surface area (Å²) in [5, 5.41) is 9.20. The van der Waals surface area contributed by atoms with E-state index in [2.05, 4.69) is 20.4 Å². The highest BCUT2D eigenvalue weighted by molar-refractivity contribution is 6.43. The van der Waals surface area contributed by atoms with Crippen molar-refractivity contribution in [1.29, 1.82) is 0 Å². The summed E-state index contributed by atoms with van der Waals surface area (Å²) in [6, 6.07) is 20.8. The number of halogens is 2. The monoisotopic (exact) mass is 604 g/mol. The Balaban J connectivity index is 0.000000216. The lowest BCUT2D eigenvalue weighted by Gasteiger charge is -2.18. The predicted octanol–water partition coefficient (Wildman–Crippen LogP) is 5.79. The van der Waals surface area contributed by atoms with Gasteiger partial charge in [-0.3, -0.25) is 9.59 Å². The van der Waals surface area contributed by atoms with E-state index < -0.39 is 0 Å². The van der Waals surface area contributed by atoms with Gasteiger partial charge in [0.05, 0.1) is 7.11 Å². The van der Waals surface area contributed by atoms with Crippen molar-refractivity contribution in [2.45, 2.75) is 25.7 Å². The van der Waals surface area contributed by atoms with E-state index in [4.69, 9.17) is 33.7 Å². The van der Waals surface area contributed by atoms with Crippen molar-refractivity contribution in [1.82, 2.24) is 15.0 Å². The number of carbonyl (C=O) groups is 2. The molecule has 42 heavy (non-hydrogen) atoms. The lowest BCUT2D eigenvalue weighted by Crippen LogP contribution is -2.34. The van der Waals surface area contributed by atoms with Crippen LogP contribution in [-0.4, -0.2) is 46.7 Å². The quantitative estimate of drug-likeness (QED) is 0.275. The van der Waals surface area contributed by atoms with E-state index in [-0.39, 0.29) is 18.2 Å². The maximum Gasteiger partial charge on any atom is 0.273 e. The van der Waals surface area contributed by atoms with Gasteiger partial charge in [0.25, 0.3) is 5.91 Å². The maximum absolute atomic E-state index is 12.2. The molecule has 2 amide bonds. The van der Waals surface area contributed by atoms with Gasteiger partial charge in [0.15, 0.2) is 0 Å². The van der Waals surface area contributed by atoms with Crippen LogP contribution in [0.4, 0.5) is 11.6 Å². The summed E-state index contributed by atoms with van der Waals surface area (Å²) in [5.74, 6) is 1.36. The number of hydrogen-bond donors (Lipinski definition) is 2. The summed E-state index contributed by atoms with van der Waals surface area (Å²) in [4.78, 5) is 32.0. The van der Waals surface area contributed by atoms with Gasteiger partial charge in [0, 0.05) is 42.3 Å². The summed E-state index contributed by atoms with van der Waals surface area (Å²) in [6.45, 7) is 0. The third-order valence-corrected chi connectivity index (χ3v) is 6.69. The Labute approximate surface area is 254 Å². The molecule has 1 aliphatic rings.